The van der Waals surface area contributed by atoms with Crippen molar-refractivity contribution in [2.45, 2.75) is 6.42 Å². The Morgan fingerprint density at radius 3 is 2.67 bits per heavy atom. The van der Waals surface area contributed by atoms with Crippen molar-refractivity contribution in [3.63, 3.8) is 0 Å². The van der Waals surface area contributed by atoms with Gasteiger partial charge in [-0.1, -0.05) is 49.1 Å². The molecule has 0 aliphatic carbocycles. The minimum Gasteiger partial charge on any atom is -0.466 e. The zero-order chi connectivity index (χ0) is 11.1. The zero-order valence-electron chi connectivity index (χ0n) is 8.77. The Hall–Kier alpha value is -1.83. The number of hydrogen-bond acceptors (Lipinski definition) is 2. The summed E-state index contributed by atoms with van der Waals surface area (Å²) in [5, 5.41) is 0. The molecule has 1 aromatic carbocycles. The second-order valence-electron chi connectivity index (χ2n) is 3.11. The van der Waals surface area contributed by atoms with Crippen molar-refractivity contribution < 1.29 is 9.53 Å². The van der Waals surface area contributed by atoms with Crippen LogP contribution in [0, 0.1) is 0 Å². The molecule has 0 atom stereocenters. The van der Waals surface area contributed by atoms with Crippen LogP contribution >= 0.6 is 0 Å². The molecular formula is C13H14O2. The predicted octanol–water partition coefficient (Wildman–Crippen LogP) is 2.82. The third-order valence-electron chi connectivity index (χ3n) is 1.95. The van der Waals surface area contributed by atoms with Crippen molar-refractivity contribution in [2.75, 3.05) is 7.11 Å². The van der Waals surface area contributed by atoms with Gasteiger partial charge in [-0.05, 0) is 12.0 Å². The average Bonchev–Trinajstić information content (AvgIpc) is 2.29. The first-order valence-corrected chi connectivity index (χ1v) is 4.71. The highest BCUT2D eigenvalue weighted by molar-refractivity contribution is 5.88. The predicted molar refractivity (Wildman–Crippen MR) is 61.2 cm³/mol. The van der Waals surface area contributed by atoms with Crippen molar-refractivity contribution in [2.24, 2.45) is 0 Å². The number of methoxy groups -OCH3 is 1. The van der Waals surface area contributed by atoms with E-state index < -0.39 is 0 Å². The van der Waals surface area contributed by atoms with Crippen LogP contribution in [-0.4, -0.2) is 13.1 Å². The Morgan fingerprint density at radius 2 is 2.07 bits per heavy atom. The molecule has 0 heterocycles. The van der Waals surface area contributed by atoms with Crippen molar-refractivity contribution in [1.29, 1.82) is 0 Å². The summed E-state index contributed by atoms with van der Waals surface area (Å²) in [6.07, 6.45) is 4.37. The molecule has 0 spiro atoms. The highest BCUT2D eigenvalue weighted by Gasteiger charge is 2.02. The molecular weight excluding hydrogens is 188 g/mol. The molecule has 1 aromatic rings. The van der Waals surface area contributed by atoms with Gasteiger partial charge in [-0.15, -0.1) is 0 Å². The minimum absolute atomic E-state index is 0.354. The van der Waals surface area contributed by atoms with Crippen LogP contribution in [0.1, 0.15) is 12.0 Å². The quantitative estimate of drug-likeness (QED) is 0.554. The number of benzene rings is 1. The van der Waals surface area contributed by atoms with Crippen molar-refractivity contribution in [1.82, 2.24) is 0 Å². The van der Waals surface area contributed by atoms with Crippen LogP contribution < -0.4 is 0 Å². The van der Waals surface area contributed by atoms with Crippen LogP contribution in [-0.2, 0) is 9.53 Å². The third kappa shape index (κ3) is 3.81. The molecule has 15 heavy (non-hydrogen) atoms. The van der Waals surface area contributed by atoms with Gasteiger partial charge in [0.2, 0.25) is 0 Å². The molecule has 1 rings (SSSR count). The monoisotopic (exact) mass is 202 g/mol. The summed E-state index contributed by atoms with van der Waals surface area (Å²) in [4.78, 5) is 11.0. The lowest BCUT2D eigenvalue weighted by molar-refractivity contribution is -0.136. The lowest BCUT2D eigenvalue weighted by atomic mass is 10.1. The van der Waals surface area contributed by atoms with Gasteiger partial charge in [-0.2, -0.15) is 0 Å². The first-order chi connectivity index (χ1) is 7.24. The summed E-state index contributed by atoms with van der Waals surface area (Å²) >= 11 is 0. The normalized spacial score (nSPS) is 10.2. The topological polar surface area (TPSA) is 26.3 Å². The Morgan fingerprint density at radius 1 is 1.40 bits per heavy atom. The van der Waals surface area contributed by atoms with Crippen molar-refractivity contribution >= 4 is 12.0 Å². The molecule has 0 aliphatic rings. The molecule has 0 aliphatic heterocycles. The van der Waals surface area contributed by atoms with E-state index in [9.17, 15) is 4.79 Å². The molecule has 0 saturated heterocycles. The molecule has 2 nitrogen and oxygen atoms in total. The lowest BCUT2D eigenvalue weighted by Crippen LogP contribution is -2.02. The number of carbonyl (C=O) groups excluding carboxylic acids is 1. The van der Waals surface area contributed by atoms with Crippen LogP contribution in [0.25, 0.3) is 6.08 Å². The van der Waals surface area contributed by atoms with Gasteiger partial charge in [0.15, 0.2) is 0 Å². The van der Waals surface area contributed by atoms with Gasteiger partial charge < -0.3 is 4.74 Å². The molecule has 0 aromatic heterocycles. The zero-order valence-corrected chi connectivity index (χ0v) is 8.77. The van der Waals surface area contributed by atoms with E-state index in [4.69, 9.17) is 0 Å². The van der Waals surface area contributed by atoms with E-state index >= 15 is 0 Å². The van der Waals surface area contributed by atoms with Gasteiger partial charge in [0.25, 0.3) is 0 Å². The van der Waals surface area contributed by atoms with Crippen LogP contribution in [0.4, 0.5) is 0 Å². The summed E-state index contributed by atoms with van der Waals surface area (Å²) in [6.45, 7) is 3.63. The molecule has 2 heteroatoms. The molecule has 0 fully saturated rings. The fourth-order valence-corrected chi connectivity index (χ4v) is 1.13. The summed E-state index contributed by atoms with van der Waals surface area (Å²) in [6, 6.07) is 9.89. The van der Waals surface area contributed by atoms with E-state index in [0.717, 1.165) is 5.56 Å². The standard InChI is InChI=1S/C13H14O2/c1-11(13(14)15-2)7-6-10-12-8-4-3-5-9-12/h3-6,8-10H,1,7H2,2H3. The van der Waals surface area contributed by atoms with E-state index in [2.05, 4.69) is 11.3 Å². The molecule has 0 bridgehead atoms. The van der Waals surface area contributed by atoms with E-state index in [-0.39, 0.29) is 5.97 Å². The minimum atomic E-state index is -0.354. The second-order valence-corrected chi connectivity index (χ2v) is 3.11. The summed E-state index contributed by atoms with van der Waals surface area (Å²) in [7, 11) is 1.36. The number of rotatable bonds is 4. The maximum Gasteiger partial charge on any atom is 0.333 e. The fourth-order valence-electron chi connectivity index (χ4n) is 1.13. The molecule has 0 radical (unpaired) electrons. The van der Waals surface area contributed by atoms with E-state index in [1.807, 2.05) is 42.5 Å². The SMILES string of the molecule is C=C(CC=Cc1ccccc1)C(=O)OC. The molecule has 78 valence electrons. The highest BCUT2D eigenvalue weighted by atomic mass is 16.5. The van der Waals surface area contributed by atoms with Gasteiger partial charge in [0.05, 0.1) is 7.11 Å². The van der Waals surface area contributed by atoms with Crippen LogP contribution in [0.2, 0.25) is 0 Å². The fraction of sp³-hybridized carbons (Fsp3) is 0.154. The smallest absolute Gasteiger partial charge is 0.333 e. The maximum atomic E-state index is 11.0. The van der Waals surface area contributed by atoms with Crippen LogP contribution in [0.5, 0.6) is 0 Å². The summed E-state index contributed by atoms with van der Waals surface area (Å²) in [5.41, 5.74) is 1.57. The average molecular weight is 202 g/mol. The van der Waals surface area contributed by atoms with Gasteiger partial charge in [-0.3, -0.25) is 0 Å². The first kappa shape index (κ1) is 11.2. The molecule has 0 amide bonds. The Bertz CT molecular complexity index is 363. The number of ether oxygens (including phenoxy) is 1. The van der Waals surface area contributed by atoms with Crippen molar-refractivity contribution in [3.05, 3.63) is 54.1 Å². The second kappa shape index (κ2) is 5.81. The molecule has 0 N–H and O–H groups in total. The number of esters is 1. The molecule has 0 unspecified atom stereocenters. The highest BCUT2D eigenvalue weighted by Crippen LogP contribution is 2.06. The Labute approximate surface area is 89.9 Å². The third-order valence-corrected chi connectivity index (χ3v) is 1.95. The first-order valence-electron chi connectivity index (χ1n) is 4.71. The maximum absolute atomic E-state index is 11.0. The number of hydrogen-bond donors (Lipinski definition) is 0. The van der Waals surface area contributed by atoms with Crippen LogP contribution in [0.15, 0.2) is 48.6 Å². The Balaban J connectivity index is 2.47. The summed E-state index contributed by atoms with van der Waals surface area (Å²) in [5.74, 6) is -0.354. The number of carbonyl (C=O) groups is 1. The van der Waals surface area contributed by atoms with E-state index in [1.54, 1.807) is 0 Å². The van der Waals surface area contributed by atoms with Gasteiger partial charge in [-0.25, -0.2) is 4.79 Å². The Kier molecular flexibility index (Phi) is 4.35. The number of allylic oxidation sites excluding steroid dienone is 1. The lowest BCUT2D eigenvalue weighted by Gasteiger charge is -1.98. The van der Waals surface area contributed by atoms with E-state index in [1.165, 1.54) is 7.11 Å². The largest absolute Gasteiger partial charge is 0.466 e. The van der Waals surface area contributed by atoms with Gasteiger partial charge in [0.1, 0.15) is 0 Å². The van der Waals surface area contributed by atoms with Crippen molar-refractivity contribution in [3.8, 4) is 0 Å². The molecule has 0 saturated carbocycles. The van der Waals surface area contributed by atoms with Gasteiger partial charge in [0, 0.05) is 5.57 Å². The van der Waals surface area contributed by atoms with Crippen LogP contribution in [0.3, 0.4) is 0 Å². The summed E-state index contributed by atoms with van der Waals surface area (Å²) < 4.78 is 4.54. The van der Waals surface area contributed by atoms with E-state index in [0.29, 0.717) is 12.0 Å². The van der Waals surface area contributed by atoms with Gasteiger partial charge >= 0.3 is 5.97 Å².